The molecule has 220 valence electrons. The third-order valence-corrected chi connectivity index (χ3v) is 7.42. The van der Waals surface area contributed by atoms with Crippen molar-refractivity contribution < 1.29 is 42.1 Å². The Morgan fingerprint density at radius 1 is 1.05 bits per heavy atom. The first-order valence-corrected chi connectivity index (χ1v) is 13.6. The number of nitrogens with one attached hydrogen (secondary N) is 2. The zero-order valence-electron chi connectivity index (χ0n) is 22.4. The van der Waals surface area contributed by atoms with Gasteiger partial charge in [-0.2, -0.15) is 0 Å². The van der Waals surface area contributed by atoms with Crippen LogP contribution in [0.2, 0.25) is 5.02 Å². The fourth-order valence-electron chi connectivity index (χ4n) is 4.32. The number of pyridine rings is 1. The SMILES string of the molecule is CC(=O)OCC1OC(Sc2cncc(Cl)c2)C(OC(C)=O)C(N2C=C(c3cc(F)c(C)c(F)c3)NN2)C1OC(C)=O. The Bertz CT molecular complexity index is 1340. The standard InChI is InChI=1S/C26H27ClF2N4O7S/c1-12-19(28)5-16(6-20(12)29)21-10-33(32-31-21)23-24(38-14(3)35)22(11-37-13(2)34)40-26(25(23)39-15(4)36)41-18-7-17(27)8-30-9-18/h5-10,22-26,31-32H,11H2,1-4H3. The molecule has 5 unspecified atom stereocenters. The van der Waals surface area contributed by atoms with Gasteiger partial charge in [-0.3, -0.25) is 24.4 Å². The molecule has 0 aliphatic carbocycles. The van der Waals surface area contributed by atoms with Crippen LogP contribution in [0.3, 0.4) is 0 Å². The van der Waals surface area contributed by atoms with Crippen LogP contribution in [0.4, 0.5) is 8.78 Å². The first-order chi connectivity index (χ1) is 19.4. The van der Waals surface area contributed by atoms with E-state index >= 15 is 0 Å². The minimum Gasteiger partial charge on any atom is -0.463 e. The van der Waals surface area contributed by atoms with E-state index in [1.165, 1.54) is 51.3 Å². The maximum atomic E-state index is 14.3. The number of rotatable bonds is 8. The van der Waals surface area contributed by atoms with Gasteiger partial charge in [-0.1, -0.05) is 23.4 Å². The monoisotopic (exact) mass is 612 g/mol. The van der Waals surface area contributed by atoms with Crippen molar-refractivity contribution in [2.24, 2.45) is 0 Å². The van der Waals surface area contributed by atoms with Crippen molar-refractivity contribution in [1.82, 2.24) is 21.0 Å². The third kappa shape index (κ3) is 7.44. The molecule has 1 fully saturated rings. The molecule has 2 aromatic rings. The molecule has 0 bridgehead atoms. The Kier molecular flexibility index (Phi) is 9.68. The first-order valence-electron chi connectivity index (χ1n) is 12.3. The Morgan fingerprint density at radius 3 is 2.32 bits per heavy atom. The van der Waals surface area contributed by atoms with E-state index in [1.807, 2.05) is 0 Å². The molecular weight excluding hydrogens is 586 g/mol. The Morgan fingerprint density at radius 2 is 1.71 bits per heavy atom. The highest BCUT2D eigenvalue weighted by Gasteiger charge is 2.53. The molecule has 0 amide bonds. The highest BCUT2D eigenvalue weighted by molar-refractivity contribution is 7.99. The van der Waals surface area contributed by atoms with Gasteiger partial charge in [0, 0.05) is 55.4 Å². The molecule has 2 N–H and O–H groups in total. The number of esters is 3. The van der Waals surface area contributed by atoms with Crippen LogP contribution in [0.5, 0.6) is 0 Å². The fourth-order valence-corrected chi connectivity index (χ4v) is 5.69. The van der Waals surface area contributed by atoms with E-state index < -0.39 is 59.3 Å². The van der Waals surface area contributed by atoms with Crippen molar-refractivity contribution in [2.45, 2.75) is 62.4 Å². The summed E-state index contributed by atoms with van der Waals surface area (Å²) in [6, 6.07) is 2.96. The van der Waals surface area contributed by atoms with Gasteiger partial charge in [0.1, 0.15) is 35.8 Å². The summed E-state index contributed by atoms with van der Waals surface area (Å²) in [5, 5.41) is 1.80. The molecule has 1 saturated heterocycles. The summed E-state index contributed by atoms with van der Waals surface area (Å²) in [6.07, 6.45) is 1.19. The number of carbonyl (C=O) groups is 3. The minimum atomic E-state index is -1.15. The van der Waals surface area contributed by atoms with E-state index in [4.69, 9.17) is 30.5 Å². The summed E-state index contributed by atoms with van der Waals surface area (Å²) in [5.74, 6) is -3.41. The normalized spacial score (nSPS) is 23.8. The van der Waals surface area contributed by atoms with Gasteiger partial charge >= 0.3 is 17.9 Å². The van der Waals surface area contributed by atoms with Gasteiger partial charge in [-0.15, -0.1) is 5.53 Å². The molecule has 4 rings (SSSR count). The van der Waals surface area contributed by atoms with E-state index in [-0.39, 0.29) is 23.4 Å². The molecule has 0 spiro atoms. The van der Waals surface area contributed by atoms with Crippen LogP contribution in [0.15, 0.2) is 41.7 Å². The summed E-state index contributed by atoms with van der Waals surface area (Å²) in [4.78, 5) is 40.8. The topological polar surface area (TPSA) is 128 Å². The predicted octanol–water partition coefficient (Wildman–Crippen LogP) is 3.26. The molecule has 0 saturated carbocycles. The first kappa shape index (κ1) is 30.5. The van der Waals surface area contributed by atoms with Crippen LogP contribution < -0.4 is 11.0 Å². The van der Waals surface area contributed by atoms with Crippen LogP contribution in [-0.4, -0.2) is 64.3 Å². The van der Waals surface area contributed by atoms with Gasteiger partial charge in [0.25, 0.3) is 0 Å². The summed E-state index contributed by atoms with van der Waals surface area (Å²) in [6.45, 7) is 4.64. The number of halogens is 3. The van der Waals surface area contributed by atoms with Gasteiger partial charge in [0.05, 0.1) is 10.7 Å². The Hall–Kier alpha value is -3.46. The van der Waals surface area contributed by atoms with Crippen molar-refractivity contribution in [2.75, 3.05) is 6.61 Å². The molecule has 2 aliphatic heterocycles. The molecule has 2 aliphatic rings. The van der Waals surface area contributed by atoms with Crippen molar-refractivity contribution >= 4 is 47.0 Å². The molecule has 15 heteroatoms. The Balaban J connectivity index is 1.78. The minimum absolute atomic E-state index is 0.130. The van der Waals surface area contributed by atoms with E-state index in [2.05, 4.69) is 15.9 Å². The average Bonchev–Trinajstić information content (AvgIpc) is 3.37. The number of thioether (sulfide) groups is 1. The second-order valence-corrected chi connectivity index (χ2v) is 10.8. The summed E-state index contributed by atoms with van der Waals surface area (Å²) in [7, 11) is 0. The molecular formula is C26H27ClF2N4O7S. The number of carbonyl (C=O) groups excluding carboxylic acids is 3. The van der Waals surface area contributed by atoms with Crippen molar-refractivity contribution in [1.29, 1.82) is 0 Å². The zero-order chi connectivity index (χ0) is 29.8. The second kappa shape index (κ2) is 13.0. The number of hydrogen-bond donors (Lipinski definition) is 2. The molecule has 0 radical (unpaired) electrons. The molecule has 11 nitrogen and oxygen atoms in total. The molecule has 41 heavy (non-hydrogen) atoms. The molecule has 3 heterocycles. The lowest BCUT2D eigenvalue weighted by atomic mass is 9.96. The maximum absolute atomic E-state index is 14.3. The summed E-state index contributed by atoms with van der Waals surface area (Å²) < 4.78 is 51.4. The zero-order valence-corrected chi connectivity index (χ0v) is 23.9. The molecule has 5 atom stereocenters. The number of ether oxygens (including phenoxy) is 4. The molecule has 1 aromatic heterocycles. The van der Waals surface area contributed by atoms with Crippen molar-refractivity contribution in [3.05, 3.63) is 64.6 Å². The van der Waals surface area contributed by atoms with E-state index in [0.717, 1.165) is 23.9 Å². The van der Waals surface area contributed by atoms with Gasteiger partial charge in [0.15, 0.2) is 12.2 Å². The van der Waals surface area contributed by atoms with E-state index in [1.54, 1.807) is 6.07 Å². The number of hydrogen-bond acceptors (Lipinski definition) is 12. The Labute approximate surface area is 243 Å². The van der Waals surface area contributed by atoms with Gasteiger partial charge in [0.2, 0.25) is 0 Å². The van der Waals surface area contributed by atoms with Crippen molar-refractivity contribution in [3.63, 3.8) is 0 Å². The van der Waals surface area contributed by atoms with Crippen LogP contribution >= 0.6 is 23.4 Å². The highest BCUT2D eigenvalue weighted by Crippen LogP contribution is 2.39. The quantitative estimate of drug-likeness (QED) is 0.335. The van der Waals surface area contributed by atoms with Gasteiger partial charge in [-0.25, -0.2) is 8.78 Å². The van der Waals surface area contributed by atoms with E-state index in [9.17, 15) is 23.2 Å². The lowest BCUT2D eigenvalue weighted by Crippen LogP contribution is -2.67. The smallest absolute Gasteiger partial charge is 0.303 e. The summed E-state index contributed by atoms with van der Waals surface area (Å²) in [5.41, 5.74) is 5.11. The van der Waals surface area contributed by atoms with Crippen LogP contribution in [0.25, 0.3) is 5.70 Å². The van der Waals surface area contributed by atoms with Gasteiger partial charge in [-0.05, 0) is 25.1 Å². The number of hydrazine groups is 2. The third-order valence-electron chi connectivity index (χ3n) is 6.10. The molecule has 1 aromatic carbocycles. The predicted molar refractivity (Wildman–Crippen MR) is 142 cm³/mol. The van der Waals surface area contributed by atoms with Crippen LogP contribution in [0.1, 0.15) is 31.9 Å². The van der Waals surface area contributed by atoms with Crippen LogP contribution in [-0.2, 0) is 33.3 Å². The average molecular weight is 613 g/mol. The number of benzene rings is 1. The van der Waals surface area contributed by atoms with Gasteiger partial charge < -0.3 is 24.4 Å². The number of aromatic nitrogens is 1. The maximum Gasteiger partial charge on any atom is 0.303 e. The fraction of sp³-hybridized carbons (Fsp3) is 0.385. The summed E-state index contributed by atoms with van der Waals surface area (Å²) >= 11 is 7.24. The highest BCUT2D eigenvalue weighted by atomic mass is 35.5. The van der Waals surface area contributed by atoms with Crippen molar-refractivity contribution in [3.8, 4) is 0 Å². The second-order valence-electron chi connectivity index (χ2n) is 9.19. The lowest BCUT2D eigenvalue weighted by molar-refractivity contribution is -0.218. The number of nitrogens with zero attached hydrogens (tertiary/aromatic N) is 2. The van der Waals surface area contributed by atoms with Crippen LogP contribution in [0, 0.1) is 18.6 Å². The lowest BCUT2D eigenvalue weighted by Gasteiger charge is -2.47. The van der Waals surface area contributed by atoms with E-state index in [0.29, 0.717) is 9.92 Å². The largest absolute Gasteiger partial charge is 0.463 e.